The molecule has 2 aromatic rings. The second-order valence-electron chi connectivity index (χ2n) is 6.64. The molecule has 1 atom stereocenters. The zero-order valence-electron chi connectivity index (χ0n) is 16.6. The first kappa shape index (κ1) is 20.1. The quantitative estimate of drug-likeness (QED) is 0.693. The normalized spacial score (nSPS) is 11.9. The van der Waals surface area contributed by atoms with Gasteiger partial charge in [0, 0.05) is 6.04 Å². The zero-order valence-corrected chi connectivity index (χ0v) is 16.6. The van der Waals surface area contributed by atoms with Gasteiger partial charge < -0.3 is 19.5 Å². The molecule has 0 amide bonds. The molecule has 142 valence electrons. The van der Waals surface area contributed by atoms with Crippen LogP contribution in [0.15, 0.2) is 36.4 Å². The predicted molar refractivity (Wildman–Crippen MR) is 107 cm³/mol. The van der Waals surface area contributed by atoms with E-state index in [1.54, 1.807) is 21.3 Å². The molecule has 0 fully saturated rings. The van der Waals surface area contributed by atoms with Crippen molar-refractivity contribution >= 4 is 0 Å². The summed E-state index contributed by atoms with van der Waals surface area (Å²) in [7, 11) is 5.04. The van der Waals surface area contributed by atoms with Crippen molar-refractivity contribution in [2.45, 2.75) is 39.2 Å². The fourth-order valence-electron chi connectivity index (χ4n) is 3.08. The van der Waals surface area contributed by atoms with E-state index in [4.69, 9.17) is 14.2 Å². The van der Waals surface area contributed by atoms with Crippen molar-refractivity contribution in [2.24, 2.45) is 0 Å². The van der Waals surface area contributed by atoms with Crippen molar-refractivity contribution in [3.8, 4) is 17.2 Å². The molecule has 0 radical (unpaired) electrons. The highest BCUT2D eigenvalue weighted by molar-refractivity contribution is 5.43. The van der Waals surface area contributed by atoms with Crippen LogP contribution in [-0.4, -0.2) is 33.9 Å². The zero-order chi connectivity index (χ0) is 18.9. The minimum absolute atomic E-state index is 0.470. The maximum Gasteiger partial charge on any atom is 0.160 e. The minimum Gasteiger partial charge on any atom is -0.496 e. The first-order chi connectivity index (χ1) is 12.6. The largest absolute Gasteiger partial charge is 0.496 e. The molecule has 26 heavy (non-hydrogen) atoms. The lowest BCUT2D eigenvalue weighted by Crippen LogP contribution is -2.28. The van der Waals surface area contributed by atoms with Gasteiger partial charge in [-0.15, -0.1) is 0 Å². The average Bonchev–Trinajstić information content (AvgIpc) is 2.66. The molecule has 4 heteroatoms. The van der Waals surface area contributed by atoms with Crippen molar-refractivity contribution in [1.29, 1.82) is 0 Å². The standard InChI is InChI=1S/C22H31NO3/c1-16-14-18(8-10-20(16)24-3)7-6-17(2)23-13-12-19-9-11-21(25-4)22(15-19)26-5/h8-11,14-15,17,23H,6-7,12-13H2,1-5H3. The van der Waals surface area contributed by atoms with Gasteiger partial charge in [0.25, 0.3) is 0 Å². The van der Waals surface area contributed by atoms with Crippen molar-refractivity contribution in [3.05, 3.63) is 53.1 Å². The lowest BCUT2D eigenvalue weighted by atomic mass is 10.0. The molecule has 2 rings (SSSR count). The number of benzene rings is 2. The van der Waals surface area contributed by atoms with Crippen LogP contribution < -0.4 is 19.5 Å². The summed E-state index contributed by atoms with van der Waals surface area (Å²) in [4.78, 5) is 0. The van der Waals surface area contributed by atoms with Crippen molar-refractivity contribution in [2.75, 3.05) is 27.9 Å². The van der Waals surface area contributed by atoms with Gasteiger partial charge in [-0.05, 0) is 74.5 Å². The first-order valence-corrected chi connectivity index (χ1v) is 9.15. The summed E-state index contributed by atoms with van der Waals surface area (Å²) in [5.74, 6) is 2.51. The molecule has 0 aromatic heterocycles. The van der Waals surface area contributed by atoms with Crippen LogP contribution in [0.1, 0.15) is 30.0 Å². The number of nitrogens with one attached hydrogen (secondary N) is 1. The van der Waals surface area contributed by atoms with Crippen LogP contribution in [0.3, 0.4) is 0 Å². The Labute approximate surface area is 157 Å². The van der Waals surface area contributed by atoms with Gasteiger partial charge in [0.05, 0.1) is 21.3 Å². The van der Waals surface area contributed by atoms with Gasteiger partial charge in [-0.25, -0.2) is 0 Å². The second kappa shape index (κ2) is 10.1. The van der Waals surface area contributed by atoms with Gasteiger partial charge in [-0.3, -0.25) is 0 Å². The maximum atomic E-state index is 5.36. The van der Waals surface area contributed by atoms with E-state index < -0.39 is 0 Å². The number of rotatable bonds is 10. The highest BCUT2D eigenvalue weighted by Gasteiger charge is 2.07. The number of hydrogen-bond donors (Lipinski definition) is 1. The van der Waals surface area contributed by atoms with E-state index in [9.17, 15) is 0 Å². The molecule has 0 bridgehead atoms. The molecule has 0 heterocycles. The molecular formula is C22H31NO3. The van der Waals surface area contributed by atoms with E-state index >= 15 is 0 Å². The van der Waals surface area contributed by atoms with E-state index in [2.05, 4.69) is 43.4 Å². The van der Waals surface area contributed by atoms with Crippen LogP contribution in [-0.2, 0) is 12.8 Å². The summed E-state index contributed by atoms with van der Waals surface area (Å²) >= 11 is 0. The van der Waals surface area contributed by atoms with E-state index in [0.29, 0.717) is 6.04 Å². The van der Waals surface area contributed by atoms with Gasteiger partial charge in [-0.2, -0.15) is 0 Å². The van der Waals surface area contributed by atoms with Gasteiger partial charge in [0.1, 0.15) is 5.75 Å². The van der Waals surface area contributed by atoms with Crippen LogP contribution >= 0.6 is 0 Å². The van der Waals surface area contributed by atoms with Crippen molar-refractivity contribution in [1.82, 2.24) is 5.32 Å². The van der Waals surface area contributed by atoms with Crippen LogP contribution in [0, 0.1) is 6.92 Å². The summed E-state index contributed by atoms with van der Waals surface area (Å²) in [5.41, 5.74) is 3.80. The molecule has 1 N–H and O–H groups in total. The third-order valence-electron chi connectivity index (χ3n) is 4.68. The Morgan fingerprint density at radius 3 is 2.04 bits per heavy atom. The van der Waals surface area contributed by atoms with E-state index in [0.717, 1.165) is 43.1 Å². The lowest BCUT2D eigenvalue weighted by Gasteiger charge is -2.15. The molecule has 0 saturated heterocycles. The van der Waals surface area contributed by atoms with Crippen LogP contribution in [0.5, 0.6) is 17.2 Å². The fourth-order valence-corrected chi connectivity index (χ4v) is 3.08. The monoisotopic (exact) mass is 357 g/mol. The highest BCUT2D eigenvalue weighted by Crippen LogP contribution is 2.27. The Morgan fingerprint density at radius 1 is 0.808 bits per heavy atom. The second-order valence-corrected chi connectivity index (χ2v) is 6.64. The third-order valence-corrected chi connectivity index (χ3v) is 4.68. The molecule has 1 unspecified atom stereocenters. The first-order valence-electron chi connectivity index (χ1n) is 9.15. The molecule has 0 aliphatic rings. The molecule has 0 aliphatic carbocycles. The Balaban J connectivity index is 1.77. The highest BCUT2D eigenvalue weighted by atomic mass is 16.5. The van der Waals surface area contributed by atoms with Gasteiger partial charge in [-0.1, -0.05) is 18.2 Å². The molecule has 4 nitrogen and oxygen atoms in total. The summed E-state index contributed by atoms with van der Waals surface area (Å²) in [6.45, 7) is 5.27. The fraction of sp³-hybridized carbons (Fsp3) is 0.455. The molecule has 2 aromatic carbocycles. The maximum absolute atomic E-state index is 5.36. The number of hydrogen-bond acceptors (Lipinski definition) is 4. The van der Waals surface area contributed by atoms with E-state index in [-0.39, 0.29) is 0 Å². The molecule has 0 spiro atoms. The molecule has 0 saturated carbocycles. The number of aryl methyl sites for hydroxylation is 2. The SMILES string of the molecule is COc1ccc(CCC(C)NCCc2ccc(OC)c(OC)c2)cc1C. The average molecular weight is 357 g/mol. The van der Waals surface area contributed by atoms with Gasteiger partial charge in [0.15, 0.2) is 11.5 Å². The Kier molecular flexibility index (Phi) is 7.79. The summed E-state index contributed by atoms with van der Waals surface area (Å²) in [5, 5.41) is 3.61. The summed E-state index contributed by atoms with van der Waals surface area (Å²) in [6.07, 6.45) is 3.14. The number of ether oxygens (including phenoxy) is 3. The Morgan fingerprint density at radius 2 is 1.42 bits per heavy atom. The lowest BCUT2D eigenvalue weighted by molar-refractivity contribution is 0.354. The summed E-state index contributed by atoms with van der Waals surface area (Å²) < 4.78 is 16.0. The van der Waals surface area contributed by atoms with E-state index in [1.165, 1.54) is 16.7 Å². The van der Waals surface area contributed by atoms with Crippen LogP contribution in [0.25, 0.3) is 0 Å². The van der Waals surface area contributed by atoms with Crippen LogP contribution in [0.2, 0.25) is 0 Å². The van der Waals surface area contributed by atoms with Gasteiger partial charge in [0.2, 0.25) is 0 Å². The summed E-state index contributed by atoms with van der Waals surface area (Å²) in [6, 6.07) is 13.0. The predicted octanol–water partition coefficient (Wildman–Crippen LogP) is 4.17. The topological polar surface area (TPSA) is 39.7 Å². The van der Waals surface area contributed by atoms with Crippen molar-refractivity contribution < 1.29 is 14.2 Å². The number of methoxy groups -OCH3 is 3. The smallest absolute Gasteiger partial charge is 0.160 e. The van der Waals surface area contributed by atoms with Crippen LogP contribution in [0.4, 0.5) is 0 Å². The van der Waals surface area contributed by atoms with Crippen molar-refractivity contribution in [3.63, 3.8) is 0 Å². The Bertz CT molecular complexity index is 700. The third kappa shape index (κ3) is 5.67. The Hall–Kier alpha value is -2.20. The van der Waals surface area contributed by atoms with E-state index in [1.807, 2.05) is 12.1 Å². The minimum atomic E-state index is 0.470. The van der Waals surface area contributed by atoms with Gasteiger partial charge >= 0.3 is 0 Å². The molecular weight excluding hydrogens is 326 g/mol. The molecule has 0 aliphatic heterocycles.